The molecule has 0 fully saturated rings. The van der Waals surface area contributed by atoms with Crippen LogP contribution < -0.4 is 5.73 Å². The number of nitrogen functional groups attached to an aromatic ring is 1. The fourth-order valence-electron chi connectivity index (χ4n) is 1.86. The Kier molecular flexibility index (Phi) is 3.79. The van der Waals surface area contributed by atoms with Gasteiger partial charge in [0.05, 0.1) is 12.2 Å². The van der Waals surface area contributed by atoms with Crippen LogP contribution in [-0.2, 0) is 11.3 Å². The first-order valence-corrected chi connectivity index (χ1v) is 6.12. The number of rotatable bonds is 4. The molecule has 0 saturated carbocycles. The third kappa shape index (κ3) is 2.42. The van der Waals surface area contributed by atoms with Crippen molar-refractivity contribution in [1.82, 2.24) is 14.8 Å². The van der Waals surface area contributed by atoms with Gasteiger partial charge in [-0.3, -0.25) is 4.98 Å². The molecule has 0 radical (unpaired) electrons. The zero-order valence-corrected chi connectivity index (χ0v) is 11.0. The predicted molar refractivity (Wildman–Crippen MR) is 71.5 cm³/mol. The van der Waals surface area contributed by atoms with E-state index in [1.165, 1.54) is 0 Å². The molecule has 19 heavy (non-hydrogen) atoms. The van der Waals surface area contributed by atoms with Gasteiger partial charge in [-0.2, -0.15) is 5.10 Å². The third-order valence-corrected chi connectivity index (χ3v) is 2.73. The highest BCUT2D eigenvalue weighted by Crippen LogP contribution is 2.29. The summed E-state index contributed by atoms with van der Waals surface area (Å²) in [6, 6.07) is 3.58. The number of hydrogen-bond donors (Lipinski definition) is 1. The van der Waals surface area contributed by atoms with E-state index in [9.17, 15) is 4.79 Å². The molecule has 0 spiro atoms. The number of esters is 1. The smallest absolute Gasteiger partial charge is 0.359 e. The molecule has 2 aromatic rings. The third-order valence-electron chi connectivity index (χ3n) is 2.73. The maximum absolute atomic E-state index is 12.0. The first kappa shape index (κ1) is 13.1. The van der Waals surface area contributed by atoms with Crippen molar-refractivity contribution < 1.29 is 9.53 Å². The van der Waals surface area contributed by atoms with Crippen LogP contribution in [0.3, 0.4) is 0 Å². The lowest BCUT2D eigenvalue weighted by atomic mass is 10.1. The number of carbonyl (C=O) groups is 1. The Labute approximate surface area is 111 Å². The summed E-state index contributed by atoms with van der Waals surface area (Å²) in [4.78, 5) is 15.9. The largest absolute Gasteiger partial charge is 0.461 e. The number of carbonyl (C=O) groups excluding carboxylic acids is 1. The van der Waals surface area contributed by atoms with Crippen molar-refractivity contribution in [2.45, 2.75) is 20.4 Å². The second-order valence-electron chi connectivity index (χ2n) is 3.88. The Morgan fingerprint density at radius 2 is 2.05 bits per heavy atom. The number of aryl methyl sites for hydroxylation is 1. The van der Waals surface area contributed by atoms with Gasteiger partial charge >= 0.3 is 5.97 Å². The van der Waals surface area contributed by atoms with Gasteiger partial charge in [-0.05, 0) is 31.5 Å². The predicted octanol–water partition coefficient (Wildman–Crippen LogP) is 1.72. The molecule has 0 aliphatic heterocycles. The molecule has 0 unspecified atom stereocenters. The zero-order chi connectivity index (χ0) is 13.8. The average molecular weight is 260 g/mol. The van der Waals surface area contributed by atoms with Gasteiger partial charge in [0.25, 0.3) is 0 Å². The molecule has 2 N–H and O–H groups in total. The monoisotopic (exact) mass is 260 g/mol. The molecule has 0 aliphatic rings. The number of hydrogen-bond acceptors (Lipinski definition) is 5. The summed E-state index contributed by atoms with van der Waals surface area (Å²) < 4.78 is 6.60. The van der Waals surface area contributed by atoms with E-state index in [1.807, 2.05) is 6.92 Å². The first-order chi connectivity index (χ1) is 9.19. The van der Waals surface area contributed by atoms with Crippen LogP contribution in [-0.4, -0.2) is 27.3 Å². The van der Waals surface area contributed by atoms with Gasteiger partial charge < -0.3 is 10.5 Å². The quantitative estimate of drug-likeness (QED) is 0.846. The molecule has 0 aliphatic carbocycles. The highest BCUT2D eigenvalue weighted by Gasteiger charge is 2.23. The van der Waals surface area contributed by atoms with Crippen molar-refractivity contribution in [2.24, 2.45) is 0 Å². The van der Waals surface area contributed by atoms with Gasteiger partial charge in [0.1, 0.15) is 5.82 Å². The minimum Gasteiger partial charge on any atom is -0.461 e. The number of anilines is 1. The molecule has 0 saturated heterocycles. The Morgan fingerprint density at radius 3 is 2.63 bits per heavy atom. The minimum atomic E-state index is -0.465. The highest BCUT2D eigenvalue weighted by molar-refractivity contribution is 5.98. The Morgan fingerprint density at radius 1 is 1.37 bits per heavy atom. The number of aromatic nitrogens is 3. The van der Waals surface area contributed by atoms with Crippen LogP contribution in [0.1, 0.15) is 24.3 Å². The van der Waals surface area contributed by atoms with Crippen molar-refractivity contribution in [2.75, 3.05) is 12.3 Å². The van der Waals surface area contributed by atoms with E-state index in [-0.39, 0.29) is 5.69 Å². The second-order valence-corrected chi connectivity index (χ2v) is 3.88. The summed E-state index contributed by atoms with van der Waals surface area (Å²) >= 11 is 0. The normalized spacial score (nSPS) is 10.4. The summed E-state index contributed by atoms with van der Waals surface area (Å²) in [6.45, 7) is 4.55. The lowest BCUT2D eigenvalue weighted by Gasteiger charge is -2.03. The summed E-state index contributed by atoms with van der Waals surface area (Å²) in [5.41, 5.74) is 7.70. The van der Waals surface area contributed by atoms with E-state index in [2.05, 4.69) is 10.1 Å². The average Bonchev–Trinajstić information content (AvgIpc) is 2.77. The maximum atomic E-state index is 12.0. The molecule has 0 amide bonds. The second kappa shape index (κ2) is 5.51. The van der Waals surface area contributed by atoms with E-state index >= 15 is 0 Å². The van der Waals surface area contributed by atoms with Crippen LogP contribution >= 0.6 is 0 Å². The van der Waals surface area contributed by atoms with Crippen LogP contribution in [0, 0.1) is 0 Å². The Bertz CT molecular complexity index is 578. The fraction of sp³-hybridized carbons (Fsp3) is 0.308. The standard InChI is InChI=1S/C13H16N4O2/c1-3-17-12(14)10(9-5-7-15-8-6-9)11(16-17)13(18)19-4-2/h5-8H,3-4,14H2,1-2H3. The fourth-order valence-corrected chi connectivity index (χ4v) is 1.86. The molecule has 2 heterocycles. The summed E-state index contributed by atoms with van der Waals surface area (Å²) in [7, 11) is 0. The molecule has 2 rings (SSSR count). The topological polar surface area (TPSA) is 83.0 Å². The van der Waals surface area contributed by atoms with Gasteiger partial charge in [-0.1, -0.05) is 0 Å². The van der Waals surface area contributed by atoms with Crippen molar-refractivity contribution in [3.8, 4) is 11.1 Å². The van der Waals surface area contributed by atoms with Crippen LogP contribution in [0.25, 0.3) is 11.1 Å². The first-order valence-electron chi connectivity index (χ1n) is 6.12. The van der Waals surface area contributed by atoms with Crippen molar-refractivity contribution in [3.63, 3.8) is 0 Å². The summed E-state index contributed by atoms with van der Waals surface area (Å²) in [6.07, 6.45) is 3.29. The molecule has 100 valence electrons. The molecule has 6 heteroatoms. The van der Waals surface area contributed by atoms with E-state index in [0.717, 1.165) is 5.56 Å². The lowest BCUT2D eigenvalue weighted by Crippen LogP contribution is -2.08. The summed E-state index contributed by atoms with van der Waals surface area (Å²) in [5, 5.41) is 4.22. The van der Waals surface area contributed by atoms with Crippen LogP contribution in [0.4, 0.5) is 5.82 Å². The van der Waals surface area contributed by atoms with Gasteiger partial charge in [-0.25, -0.2) is 9.48 Å². The van der Waals surface area contributed by atoms with E-state index < -0.39 is 5.97 Å². The van der Waals surface area contributed by atoms with E-state index in [0.29, 0.717) is 24.5 Å². The van der Waals surface area contributed by atoms with Crippen molar-refractivity contribution >= 4 is 11.8 Å². The maximum Gasteiger partial charge on any atom is 0.359 e. The van der Waals surface area contributed by atoms with Crippen LogP contribution in [0.5, 0.6) is 0 Å². The van der Waals surface area contributed by atoms with Gasteiger partial charge in [0.2, 0.25) is 0 Å². The lowest BCUT2D eigenvalue weighted by molar-refractivity contribution is 0.0519. The zero-order valence-electron chi connectivity index (χ0n) is 11.0. The molecule has 2 aromatic heterocycles. The number of ether oxygens (including phenoxy) is 1. The van der Waals surface area contributed by atoms with Crippen molar-refractivity contribution in [1.29, 1.82) is 0 Å². The summed E-state index contributed by atoms with van der Waals surface area (Å²) in [5.74, 6) is -0.00929. The Balaban J connectivity index is 2.57. The molecule has 6 nitrogen and oxygen atoms in total. The Hall–Kier alpha value is -2.37. The van der Waals surface area contributed by atoms with E-state index in [4.69, 9.17) is 10.5 Å². The minimum absolute atomic E-state index is 0.243. The highest BCUT2D eigenvalue weighted by atomic mass is 16.5. The van der Waals surface area contributed by atoms with Gasteiger partial charge in [0, 0.05) is 18.9 Å². The molecular formula is C13H16N4O2. The van der Waals surface area contributed by atoms with Gasteiger partial charge in [0.15, 0.2) is 5.69 Å². The SMILES string of the molecule is CCOC(=O)c1nn(CC)c(N)c1-c1ccncc1. The number of nitrogens with two attached hydrogens (primary N) is 1. The van der Waals surface area contributed by atoms with Crippen LogP contribution in [0.2, 0.25) is 0 Å². The number of nitrogens with zero attached hydrogens (tertiary/aromatic N) is 3. The number of pyridine rings is 1. The van der Waals surface area contributed by atoms with Crippen molar-refractivity contribution in [3.05, 3.63) is 30.2 Å². The molecule has 0 aromatic carbocycles. The molecular weight excluding hydrogens is 244 g/mol. The van der Waals surface area contributed by atoms with E-state index in [1.54, 1.807) is 36.1 Å². The molecule has 0 atom stereocenters. The van der Waals surface area contributed by atoms with Crippen LogP contribution in [0.15, 0.2) is 24.5 Å². The molecule has 0 bridgehead atoms. The van der Waals surface area contributed by atoms with Gasteiger partial charge in [-0.15, -0.1) is 0 Å².